The zero-order chi connectivity index (χ0) is 20.1. The Kier molecular flexibility index (Phi) is 5.90. The van der Waals surface area contributed by atoms with Crippen LogP contribution in [0.15, 0.2) is 71.9 Å². The van der Waals surface area contributed by atoms with Gasteiger partial charge in [-0.25, -0.2) is 4.99 Å². The standard InChI is InChI=1S/C22H19N3O.C2H6/c1-14-8-9-19-18(12-14)20(22(26)25-19)21(16-6-4-3-5-7-16)24-17-10-11-23-15(2)13-17;1-2/h3-13,25-26H,1-2H3;1-2H3. The lowest BCUT2D eigenvalue weighted by Gasteiger charge is -2.08. The third kappa shape index (κ3) is 3.96. The quantitative estimate of drug-likeness (QED) is 0.429. The van der Waals surface area contributed by atoms with Crippen molar-refractivity contribution < 1.29 is 5.11 Å². The van der Waals surface area contributed by atoms with Crippen molar-refractivity contribution in [1.82, 2.24) is 9.97 Å². The summed E-state index contributed by atoms with van der Waals surface area (Å²) >= 11 is 0. The predicted molar refractivity (Wildman–Crippen MR) is 117 cm³/mol. The second-order valence-electron chi connectivity index (χ2n) is 6.38. The van der Waals surface area contributed by atoms with Crippen molar-refractivity contribution in [2.75, 3.05) is 0 Å². The van der Waals surface area contributed by atoms with Crippen molar-refractivity contribution in [3.8, 4) is 5.88 Å². The summed E-state index contributed by atoms with van der Waals surface area (Å²) in [6.45, 7) is 7.98. The SMILES string of the molecule is CC.Cc1ccc2[nH]c(O)c(C(=Nc3ccnc(C)c3)c3ccccc3)c2c1. The summed E-state index contributed by atoms with van der Waals surface area (Å²) in [4.78, 5) is 12.2. The van der Waals surface area contributed by atoms with E-state index in [9.17, 15) is 5.11 Å². The smallest absolute Gasteiger partial charge is 0.199 e. The van der Waals surface area contributed by atoms with E-state index in [-0.39, 0.29) is 5.88 Å². The molecule has 0 saturated heterocycles. The van der Waals surface area contributed by atoms with Gasteiger partial charge in [-0.1, -0.05) is 55.8 Å². The number of hydrogen-bond donors (Lipinski definition) is 2. The van der Waals surface area contributed by atoms with Crippen molar-refractivity contribution in [2.24, 2.45) is 4.99 Å². The molecular weight excluding hydrogens is 346 g/mol. The topological polar surface area (TPSA) is 61.3 Å². The molecule has 0 radical (unpaired) electrons. The van der Waals surface area contributed by atoms with Gasteiger partial charge >= 0.3 is 0 Å². The molecule has 2 aromatic heterocycles. The van der Waals surface area contributed by atoms with E-state index < -0.39 is 0 Å². The van der Waals surface area contributed by atoms with Gasteiger partial charge in [0.25, 0.3) is 0 Å². The van der Waals surface area contributed by atoms with Gasteiger partial charge in [-0.3, -0.25) is 4.98 Å². The normalized spacial score (nSPS) is 11.2. The Labute approximate surface area is 165 Å². The molecule has 0 unspecified atom stereocenters. The lowest BCUT2D eigenvalue weighted by Crippen LogP contribution is -2.03. The molecule has 0 saturated carbocycles. The molecule has 0 aliphatic heterocycles. The number of aliphatic imine (C=N–C) groups is 1. The fraction of sp³-hybridized carbons (Fsp3) is 0.167. The minimum absolute atomic E-state index is 0.124. The van der Waals surface area contributed by atoms with Gasteiger partial charge in [0, 0.05) is 28.4 Å². The van der Waals surface area contributed by atoms with E-state index in [1.807, 2.05) is 82.3 Å². The maximum atomic E-state index is 10.6. The van der Waals surface area contributed by atoms with Crippen molar-refractivity contribution in [3.05, 3.63) is 89.2 Å². The molecule has 4 rings (SSSR count). The van der Waals surface area contributed by atoms with Crippen LogP contribution in [0.2, 0.25) is 0 Å². The highest BCUT2D eigenvalue weighted by Gasteiger charge is 2.18. The fourth-order valence-corrected chi connectivity index (χ4v) is 3.12. The van der Waals surface area contributed by atoms with Gasteiger partial charge in [-0.15, -0.1) is 0 Å². The molecule has 4 aromatic rings. The molecule has 2 aromatic carbocycles. The first-order valence-electron chi connectivity index (χ1n) is 9.50. The average molecular weight is 371 g/mol. The van der Waals surface area contributed by atoms with E-state index >= 15 is 0 Å². The fourth-order valence-electron chi connectivity index (χ4n) is 3.12. The van der Waals surface area contributed by atoms with E-state index in [1.54, 1.807) is 6.20 Å². The van der Waals surface area contributed by atoms with Gasteiger partial charge in [0.2, 0.25) is 0 Å². The molecule has 0 aliphatic rings. The molecule has 2 N–H and O–H groups in total. The first-order valence-corrected chi connectivity index (χ1v) is 9.50. The number of pyridine rings is 1. The van der Waals surface area contributed by atoms with Gasteiger partial charge in [0.1, 0.15) is 0 Å². The van der Waals surface area contributed by atoms with E-state index in [1.165, 1.54) is 0 Å². The Morgan fingerprint density at radius 3 is 2.43 bits per heavy atom. The summed E-state index contributed by atoms with van der Waals surface area (Å²) in [7, 11) is 0. The molecule has 4 heteroatoms. The van der Waals surface area contributed by atoms with Gasteiger partial charge in [-0.05, 0) is 38.1 Å². The first kappa shape index (κ1) is 19.4. The second-order valence-corrected chi connectivity index (χ2v) is 6.38. The molecule has 0 bridgehead atoms. The lowest BCUT2D eigenvalue weighted by molar-refractivity contribution is 0.457. The van der Waals surface area contributed by atoms with Crippen LogP contribution >= 0.6 is 0 Å². The Hall–Kier alpha value is -3.40. The number of fused-ring (bicyclic) bond motifs is 1. The van der Waals surface area contributed by atoms with E-state index in [2.05, 4.69) is 16.0 Å². The van der Waals surface area contributed by atoms with E-state index in [4.69, 9.17) is 4.99 Å². The molecule has 0 fully saturated rings. The molecule has 0 aliphatic carbocycles. The number of H-pyrrole nitrogens is 1. The molecule has 4 nitrogen and oxygen atoms in total. The molecular formula is C24H25N3O. The van der Waals surface area contributed by atoms with Gasteiger partial charge < -0.3 is 10.1 Å². The van der Waals surface area contributed by atoms with Gasteiger partial charge in [-0.2, -0.15) is 0 Å². The summed E-state index contributed by atoms with van der Waals surface area (Å²) in [5.41, 5.74) is 6.10. The van der Waals surface area contributed by atoms with Crippen LogP contribution in [0, 0.1) is 13.8 Å². The predicted octanol–water partition coefficient (Wildman–Crippen LogP) is 6.08. The van der Waals surface area contributed by atoms with Crippen LogP contribution in [0.3, 0.4) is 0 Å². The van der Waals surface area contributed by atoms with Crippen LogP contribution in [0.25, 0.3) is 10.9 Å². The summed E-state index contributed by atoms with van der Waals surface area (Å²) < 4.78 is 0. The largest absolute Gasteiger partial charge is 0.494 e. The maximum Gasteiger partial charge on any atom is 0.199 e. The number of aromatic nitrogens is 2. The first-order chi connectivity index (χ1) is 13.6. The number of benzene rings is 2. The summed E-state index contributed by atoms with van der Waals surface area (Å²) in [6.07, 6.45) is 1.75. The molecule has 142 valence electrons. The summed E-state index contributed by atoms with van der Waals surface area (Å²) in [5.74, 6) is 0.124. The Morgan fingerprint density at radius 2 is 1.71 bits per heavy atom. The highest BCUT2D eigenvalue weighted by atomic mass is 16.3. The second kappa shape index (κ2) is 8.53. The number of aryl methyl sites for hydroxylation is 2. The Balaban J connectivity index is 0.00000109. The van der Waals surface area contributed by atoms with Crippen LogP contribution < -0.4 is 0 Å². The third-order valence-electron chi connectivity index (χ3n) is 4.34. The lowest BCUT2D eigenvalue weighted by atomic mass is 10.00. The number of nitrogens with one attached hydrogen (secondary N) is 1. The van der Waals surface area contributed by atoms with Crippen molar-refractivity contribution in [2.45, 2.75) is 27.7 Å². The molecule has 28 heavy (non-hydrogen) atoms. The van der Waals surface area contributed by atoms with Crippen molar-refractivity contribution >= 4 is 22.3 Å². The van der Waals surface area contributed by atoms with E-state index in [0.717, 1.165) is 39.1 Å². The van der Waals surface area contributed by atoms with Crippen LogP contribution in [0.5, 0.6) is 5.88 Å². The monoisotopic (exact) mass is 371 g/mol. The number of aromatic amines is 1. The minimum Gasteiger partial charge on any atom is -0.494 e. The zero-order valence-corrected chi connectivity index (χ0v) is 16.7. The number of hydrogen-bond acceptors (Lipinski definition) is 3. The van der Waals surface area contributed by atoms with Crippen molar-refractivity contribution in [1.29, 1.82) is 0 Å². The maximum absolute atomic E-state index is 10.6. The summed E-state index contributed by atoms with van der Waals surface area (Å²) in [6, 6.07) is 19.8. The Bertz CT molecular complexity index is 1110. The molecule has 2 heterocycles. The highest BCUT2D eigenvalue weighted by molar-refractivity contribution is 6.21. The van der Waals surface area contributed by atoms with Crippen LogP contribution in [-0.2, 0) is 0 Å². The van der Waals surface area contributed by atoms with Gasteiger partial charge in [0.05, 0.1) is 17.0 Å². The summed E-state index contributed by atoms with van der Waals surface area (Å²) in [5, 5.41) is 11.6. The van der Waals surface area contributed by atoms with E-state index in [0.29, 0.717) is 5.56 Å². The third-order valence-corrected chi connectivity index (χ3v) is 4.34. The molecule has 0 spiro atoms. The number of nitrogens with zero attached hydrogens (tertiary/aromatic N) is 2. The zero-order valence-electron chi connectivity index (χ0n) is 16.7. The van der Waals surface area contributed by atoms with Crippen LogP contribution in [0.1, 0.15) is 36.2 Å². The molecule has 0 amide bonds. The number of rotatable bonds is 3. The minimum atomic E-state index is 0.124. The van der Waals surface area contributed by atoms with Gasteiger partial charge in [0.15, 0.2) is 5.88 Å². The Morgan fingerprint density at radius 1 is 0.964 bits per heavy atom. The van der Waals surface area contributed by atoms with Crippen LogP contribution in [-0.4, -0.2) is 20.8 Å². The highest BCUT2D eigenvalue weighted by Crippen LogP contribution is 2.32. The van der Waals surface area contributed by atoms with Crippen LogP contribution in [0.4, 0.5) is 5.69 Å². The molecule has 0 atom stereocenters. The number of aromatic hydroxyl groups is 1. The van der Waals surface area contributed by atoms with Crippen molar-refractivity contribution in [3.63, 3.8) is 0 Å². The average Bonchev–Trinajstić information content (AvgIpc) is 3.03.